The lowest BCUT2D eigenvalue weighted by Crippen LogP contribution is -2.18. The fourth-order valence-corrected chi connectivity index (χ4v) is 2.08. The zero-order chi connectivity index (χ0) is 16.7. The van der Waals surface area contributed by atoms with Crippen LogP contribution in [-0.4, -0.2) is 18.7 Å². The van der Waals surface area contributed by atoms with E-state index in [1.165, 1.54) is 18.3 Å². The lowest BCUT2D eigenvalue weighted by atomic mass is 10.0. The molecule has 1 amide bonds. The number of nitrogens with zero attached hydrogens (tertiary/aromatic N) is 1. The first-order valence-corrected chi connectivity index (χ1v) is 7.36. The fraction of sp³-hybridized carbons (Fsp3) is 0.222. The number of hydrogen-bond acceptors (Lipinski definition) is 3. The summed E-state index contributed by atoms with van der Waals surface area (Å²) in [5, 5.41) is 6.47. The van der Waals surface area contributed by atoms with Gasteiger partial charge >= 0.3 is 0 Å². The Labute approximate surface area is 135 Å². The van der Waals surface area contributed by atoms with Crippen molar-refractivity contribution in [2.45, 2.75) is 19.8 Å². The zero-order valence-corrected chi connectivity index (χ0v) is 13.1. The first-order valence-electron chi connectivity index (χ1n) is 7.36. The first-order chi connectivity index (χ1) is 11.1. The van der Waals surface area contributed by atoms with E-state index in [1.54, 1.807) is 12.1 Å². The molecule has 0 aromatic heterocycles. The Morgan fingerprint density at radius 2 is 2.04 bits per heavy atom. The second-order valence-corrected chi connectivity index (χ2v) is 5.35. The summed E-state index contributed by atoms with van der Waals surface area (Å²) in [7, 11) is 0. The van der Waals surface area contributed by atoms with Crippen LogP contribution in [-0.2, 0) is 9.63 Å². The van der Waals surface area contributed by atoms with Crippen molar-refractivity contribution in [1.82, 2.24) is 0 Å². The van der Waals surface area contributed by atoms with Gasteiger partial charge in [0.05, 0.1) is 6.21 Å². The maximum Gasteiger partial charge on any atom is 0.265 e. The molecule has 0 atom stereocenters. The molecule has 0 spiro atoms. The van der Waals surface area contributed by atoms with Crippen molar-refractivity contribution in [2.24, 2.45) is 5.16 Å². The van der Waals surface area contributed by atoms with Crippen LogP contribution in [0.1, 0.15) is 30.9 Å². The Hall–Kier alpha value is -2.69. The van der Waals surface area contributed by atoms with Gasteiger partial charge < -0.3 is 10.2 Å². The molecule has 2 rings (SSSR count). The van der Waals surface area contributed by atoms with Crippen LogP contribution >= 0.6 is 0 Å². The molecule has 0 unspecified atom stereocenters. The van der Waals surface area contributed by atoms with Crippen molar-refractivity contribution in [3.8, 4) is 0 Å². The van der Waals surface area contributed by atoms with E-state index in [1.807, 2.05) is 24.3 Å². The molecular weight excluding hydrogens is 295 g/mol. The largest absolute Gasteiger partial charge is 0.386 e. The number of oxime groups is 1. The molecule has 0 heterocycles. The summed E-state index contributed by atoms with van der Waals surface area (Å²) in [5.41, 5.74) is 2.39. The van der Waals surface area contributed by atoms with Crippen LogP contribution in [0.4, 0.5) is 10.1 Å². The van der Waals surface area contributed by atoms with E-state index in [-0.39, 0.29) is 18.3 Å². The molecule has 2 aromatic rings. The summed E-state index contributed by atoms with van der Waals surface area (Å²) in [6.45, 7) is 3.91. The molecule has 0 aliphatic heterocycles. The SMILES string of the molecule is CC(C)c1ccccc1NC(=O)CO/N=C\c1cccc(F)c1. The Bertz CT molecular complexity index is 699. The number of rotatable bonds is 6. The van der Waals surface area contributed by atoms with Gasteiger partial charge in [-0.25, -0.2) is 4.39 Å². The predicted octanol–water partition coefficient (Wildman–Crippen LogP) is 3.94. The quantitative estimate of drug-likeness (QED) is 0.648. The molecule has 0 fully saturated rings. The summed E-state index contributed by atoms with van der Waals surface area (Å²) < 4.78 is 13.0. The van der Waals surface area contributed by atoms with Gasteiger partial charge in [-0.15, -0.1) is 0 Å². The topological polar surface area (TPSA) is 50.7 Å². The van der Waals surface area contributed by atoms with Crippen molar-refractivity contribution in [3.63, 3.8) is 0 Å². The second kappa shape index (κ2) is 8.08. The summed E-state index contributed by atoms with van der Waals surface area (Å²) in [5.74, 6) is -0.343. The van der Waals surface area contributed by atoms with Gasteiger partial charge in [-0.1, -0.05) is 49.3 Å². The number of benzene rings is 2. The van der Waals surface area contributed by atoms with Crippen LogP contribution in [0.25, 0.3) is 0 Å². The van der Waals surface area contributed by atoms with Gasteiger partial charge in [0.1, 0.15) is 5.82 Å². The van der Waals surface area contributed by atoms with E-state index in [0.29, 0.717) is 11.5 Å². The highest BCUT2D eigenvalue weighted by Crippen LogP contribution is 2.23. The molecule has 0 bridgehead atoms. The minimum atomic E-state index is -0.350. The number of halogens is 1. The van der Waals surface area contributed by atoms with Crippen LogP contribution in [0.2, 0.25) is 0 Å². The molecule has 0 radical (unpaired) electrons. The summed E-state index contributed by atoms with van der Waals surface area (Å²) >= 11 is 0. The second-order valence-electron chi connectivity index (χ2n) is 5.35. The standard InChI is InChI=1S/C18H19FN2O2/c1-13(2)16-8-3-4-9-17(16)21-18(22)12-23-20-11-14-6-5-7-15(19)10-14/h3-11,13H,12H2,1-2H3,(H,21,22)/b20-11-. The smallest absolute Gasteiger partial charge is 0.265 e. The van der Waals surface area contributed by atoms with E-state index in [4.69, 9.17) is 4.84 Å². The van der Waals surface area contributed by atoms with Gasteiger partial charge in [-0.2, -0.15) is 0 Å². The highest BCUT2D eigenvalue weighted by molar-refractivity contribution is 5.92. The van der Waals surface area contributed by atoms with Crippen LogP contribution in [0.15, 0.2) is 53.7 Å². The fourth-order valence-electron chi connectivity index (χ4n) is 2.08. The Balaban J connectivity index is 1.86. The minimum Gasteiger partial charge on any atom is -0.386 e. The third kappa shape index (κ3) is 5.21. The lowest BCUT2D eigenvalue weighted by molar-refractivity contribution is -0.120. The molecule has 4 nitrogen and oxygen atoms in total. The van der Waals surface area contributed by atoms with Crippen molar-refractivity contribution in [3.05, 3.63) is 65.5 Å². The molecule has 0 aliphatic rings. The lowest BCUT2D eigenvalue weighted by Gasteiger charge is -2.13. The minimum absolute atomic E-state index is 0.210. The number of para-hydroxylation sites is 1. The number of anilines is 1. The number of carbonyl (C=O) groups excluding carboxylic acids is 1. The molecule has 2 aromatic carbocycles. The van der Waals surface area contributed by atoms with Gasteiger partial charge in [0.2, 0.25) is 0 Å². The van der Waals surface area contributed by atoms with Gasteiger partial charge in [-0.05, 0) is 35.2 Å². The predicted molar refractivity (Wildman–Crippen MR) is 89.1 cm³/mol. The van der Waals surface area contributed by atoms with Crippen molar-refractivity contribution >= 4 is 17.8 Å². The normalized spacial score (nSPS) is 11.0. The maximum absolute atomic E-state index is 13.0. The van der Waals surface area contributed by atoms with Crippen molar-refractivity contribution in [2.75, 3.05) is 11.9 Å². The molecular formula is C18H19FN2O2. The van der Waals surface area contributed by atoms with E-state index in [0.717, 1.165) is 11.3 Å². The van der Waals surface area contributed by atoms with Gasteiger partial charge in [0, 0.05) is 5.69 Å². The number of nitrogens with one attached hydrogen (secondary N) is 1. The van der Waals surface area contributed by atoms with Gasteiger partial charge in [0.15, 0.2) is 6.61 Å². The molecule has 23 heavy (non-hydrogen) atoms. The number of hydrogen-bond donors (Lipinski definition) is 1. The van der Waals surface area contributed by atoms with Crippen LogP contribution < -0.4 is 5.32 Å². The van der Waals surface area contributed by atoms with Crippen molar-refractivity contribution < 1.29 is 14.0 Å². The van der Waals surface area contributed by atoms with Crippen LogP contribution in [0, 0.1) is 5.82 Å². The molecule has 120 valence electrons. The van der Waals surface area contributed by atoms with E-state index in [2.05, 4.69) is 24.3 Å². The van der Waals surface area contributed by atoms with E-state index >= 15 is 0 Å². The Kier molecular flexibility index (Phi) is 5.86. The maximum atomic E-state index is 13.0. The van der Waals surface area contributed by atoms with E-state index in [9.17, 15) is 9.18 Å². The number of carbonyl (C=O) groups is 1. The van der Waals surface area contributed by atoms with Gasteiger partial charge in [-0.3, -0.25) is 4.79 Å². The van der Waals surface area contributed by atoms with E-state index < -0.39 is 0 Å². The Morgan fingerprint density at radius 3 is 2.78 bits per heavy atom. The van der Waals surface area contributed by atoms with Crippen LogP contribution in [0.5, 0.6) is 0 Å². The number of amides is 1. The van der Waals surface area contributed by atoms with Crippen molar-refractivity contribution in [1.29, 1.82) is 0 Å². The highest BCUT2D eigenvalue weighted by atomic mass is 19.1. The summed E-state index contributed by atoms with van der Waals surface area (Å²) in [6.07, 6.45) is 1.36. The average Bonchev–Trinajstić information content (AvgIpc) is 2.52. The first kappa shape index (κ1) is 16.7. The third-order valence-corrected chi connectivity index (χ3v) is 3.18. The average molecular weight is 314 g/mol. The summed E-state index contributed by atoms with van der Waals surface area (Å²) in [6, 6.07) is 13.6. The Morgan fingerprint density at radius 1 is 1.26 bits per heavy atom. The summed E-state index contributed by atoms with van der Waals surface area (Å²) in [4.78, 5) is 16.8. The molecule has 0 saturated heterocycles. The monoisotopic (exact) mass is 314 g/mol. The highest BCUT2D eigenvalue weighted by Gasteiger charge is 2.09. The zero-order valence-electron chi connectivity index (χ0n) is 13.1. The van der Waals surface area contributed by atoms with Gasteiger partial charge in [0.25, 0.3) is 5.91 Å². The molecule has 0 aliphatic carbocycles. The van der Waals surface area contributed by atoms with Crippen LogP contribution in [0.3, 0.4) is 0 Å². The molecule has 0 saturated carbocycles. The molecule has 1 N–H and O–H groups in total. The third-order valence-electron chi connectivity index (χ3n) is 3.18. The molecule has 5 heteroatoms.